The molecular formula is C19H18N4O5S. The lowest BCUT2D eigenvalue weighted by atomic mass is 10.2. The van der Waals surface area contributed by atoms with Crippen molar-refractivity contribution in [2.24, 2.45) is 0 Å². The minimum Gasteiger partial charge on any atom is -0.467 e. The maximum Gasteiger partial charge on any atom is 0.358 e. The van der Waals surface area contributed by atoms with Crippen LogP contribution >= 0.6 is 11.3 Å². The SMILES string of the molecule is O=C(COC(=O)c1csc(NCc2ccccc2)n1)NC(=O)NCc1ccco1. The highest BCUT2D eigenvalue weighted by Gasteiger charge is 2.15. The highest BCUT2D eigenvalue weighted by Crippen LogP contribution is 2.17. The minimum atomic E-state index is -0.757. The number of hydrogen-bond acceptors (Lipinski definition) is 8. The predicted octanol–water partition coefficient (Wildman–Crippen LogP) is 2.53. The summed E-state index contributed by atoms with van der Waals surface area (Å²) in [7, 11) is 0. The molecule has 1 aromatic carbocycles. The monoisotopic (exact) mass is 414 g/mol. The third-order valence-corrected chi connectivity index (χ3v) is 4.39. The molecule has 3 rings (SSSR count). The van der Waals surface area contributed by atoms with E-state index in [-0.39, 0.29) is 12.2 Å². The molecule has 0 bridgehead atoms. The van der Waals surface area contributed by atoms with Crippen LogP contribution in [0.4, 0.5) is 9.93 Å². The van der Waals surface area contributed by atoms with Crippen molar-refractivity contribution < 1.29 is 23.5 Å². The largest absolute Gasteiger partial charge is 0.467 e. The predicted molar refractivity (Wildman–Crippen MR) is 105 cm³/mol. The smallest absolute Gasteiger partial charge is 0.358 e. The van der Waals surface area contributed by atoms with Gasteiger partial charge >= 0.3 is 12.0 Å². The Morgan fingerprint density at radius 1 is 1.07 bits per heavy atom. The van der Waals surface area contributed by atoms with E-state index in [1.54, 1.807) is 12.1 Å². The van der Waals surface area contributed by atoms with Gasteiger partial charge in [0.25, 0.3) is 5.91 Å². The van der Waals surface area contributed by atoms with Crippen molar-refractivity contribution in [3.63, 3.8) is 0 Å². The number of benzene rings is 1. The van der Waals surface area contributed by atoms with Crippen molar-refractivity contribution in [3.8, 4) is 0 Å². The molecular weight excluding hydrogens is 396 g/mol. The van der Waals surface area contributed by atoms with Gasteiger partial charge in [0.15, 0.2) is 17.4 Å². The molecule has 0 spiro atoms. The molecule has 3 amide bonds. The molecule has 0 fully saturated rings. The van der Waals surface area contributed by atoms with E-state index >= 15 is 0 Å². The lowest BCUT2D eigenvalue weighted by molar-refractivity contribution is -0.123. The molecule has 0 atom stereocenters. The number of hydrogen-bond donors (Lipinski definition) is 3. The van der Waals surface area contributed by atoms with Crippen molar-refractivity contribution in [3.05, 3.63) is 71.1 Å². The Hall–Kier alpha value is -3.66. The van der Waals surface area contributed by atoms with Crippen molar-refractivity contribution in [2.75, 3.05) is 11.9 Å². The summed E-state index contributed by atoms with van der Waals surface area (Å²) in [6.07, 6.45) is 1.47. The zero-order chi connectivity index (χ0) is 20.5. The summed E-state index contributed by atoms with van der Waals surface area (Å²) in [6.45, 7) is 0.0964. The zero-order valence-corrected chi connectivity index (χ0v) is 16.0. The number of carbonyl (C=O) groups excluding carboxylic acids is 3. The van der Waals surface area contributed by atoms with Gasteiger partial charge in [-0.25, -0.2) is 14.6 Å². The van der Waals surface area contributed by atoms with Gasteiger partial charge in [0, 0.05) is 11.9 Å². The number of carbonyl (C=O) groups is 3. The highest BCUT2D eigenvalue weighted by atomic mass is 32.1. The van der Waals surface area contributed by atoms with Crippen LogP contribution in [0.5, 0.6) is 0 Å². The summed E-state index contributed by atoms with van der Waals surface area (Å²) in [5.41, 5.74) is 1.16. The quantitative estimate of drug-likeness (QED) is 0.484. The standard InChI is InChI=1S/C19H18N4O5S/c24-16(23-18(26)20-10-14-7-4-8-27-14)11-28-17(25)15-12-29-19(22-15)21-9-13-5-2-1-3-6-13/h1-8,12H,9-11H2,(H,21,22)(H2,20,23,24,26). The molecule has 0 aliphatic heterocycles. The molecule has 0 saturated carbocycles. The number of anilines is 1. The van der Waals surface area contributed by atoms with Crippen molar-refractivity contribution in [1.29, 1.82) is 0 Å². The molecule has 3 aromatic rings. The van der Waals surface area contributed by atoms with Crippen LogP contribution in [-0.4, -0.2) is 29.5 Å². The van der Waals surface area contributed by atoms with Crippen molar-refractivity contribution in [1.82, 2.24) is 15.6 Å². The van der Waals surface area contributed by atoms with Gasteiger partial charge in [-0.3, -0.25) is 10.1 Å². The molecule has 150 valence electrons. The van der Waals surface area contributed by atoms with Crippen LogP contribution in [0.25, 0.3) is 0 Å². The number of ether oxygens (including phenoxy) is 1. The number of esters is 1. The molecule has 0 radical (unpaired) electrons. The fraction of sp³-hybridized carbons (Fsp3) is 0.158. The first-order valence-corrected chi connectivity index (χ1v) is 9.48. The van der Waals surface area contributed by atoms with E-state index in [0.717, 1.165) is 5.56 Å². The van der Waals surface area contributed by atoms with Crippen LogP contribution in [0.1, 0.15) is 21.8 Å². The molecule has 2 heterocycles. The molecule has 0 aliphatic carbocycles. The van der Waals surface area contributed by atoms with E-state index < -0.39 is 24.5 Å². The van der Waals surface area contributed by atoms with Crippen LogP contribution in [0.2, 0.25) is 0 Å². The Kier molecular flexibility index (Phi) is 6.95. The number of nitrogens with one attached hydrogen (secondary N) is 3. The third kappa shape index (κ3) is 6.47. The minimum absolute atomic E-state index is 0.0839. The maximum absolute atomic E-state index is 12.0. The molecule has 0 aliphatic rings. The van der Waals surface area contributed by atoms with Crippen LogP contribution in [0.15, 0.2) is 58.5 Å². The number of nitrogens with zero attached hydrogens (tertiary/aromatic N) is 1. The summed E-state index contributed by atoms with van der Waals surface area (Å²) in [5.74, 6) is -0.965. The lowest BCUT2D eigenvalue weighted by Crippen LogP contribution is -2.41. The van der Waals surface area contributed by atoms with Crippen LogP contribution in [0, 0.1) is 0 Å². The van der Waals surface area contributed by atoms with Gasteiger partial charge in [-0.15, -0.1) is 11.3 Å². The summed E-state index contributed by atoms with van der Waals surface area (Å²) in [4.78, 5) is 39.5. The zero-order valence-electron chi connectivity index (χ0n) is 15.2. The second-order valence-corrected chi connectivity index (χ2v) is 6.62. The van der Waals surface area contributed by atoms with Gasteiger partial charge < -0.3 is 19.8 Å². The molecule has 29 heavy (non-hydrogen) atoms. The number of urea groups is 1. The number of rotatable bonds is 8. The number of aromatic nitrogens is 1. The summed E-state index contributed by atoms with van der Waals surface area (Å²) in [5, 5.41) is 9.70. The summed E-state index contributed by atoms with van der Waals surface area (Å²) >= 11 is 1.25. The van der Waals surface area contributed by atoms with E-state index in [1.165, 1.54) is 23.0 Å². The average Bonchev–Trinajstić information content (AvgIpc) is 3.42. The molecule has 9 nitrogen and oxygen atoms in total. The van der Waals surface area contributed by atoms with Crippen LogP contribution in [-0.2, 0) is 22.6 Å². The van der Waals surface area contributed by atoms with Crippen LogP contribution in [0.3, 0.4) is 0 Å². The molecule has 2 aromatic heterocycles. The molecule has 0 saturated heterocycles. The first kappa shape index (κ1) is 20.1. The number of thiazole rings is 1. The molecule has 10 heteroatoms. The Labute approximate surface area is 170 Å². The highest BCUT2D eigenvalue weighted by molar-refractivity contribution is 7.13. The number of amides is 3. The Morgan fingerprint density at radius 2 is 1.90 bits per heavy atom. The number of imide groups is 1. The van der Waals surface area contributed by atoms with E-state index in [0.29, 0.717) is 17.4 Å². The average molecular weight is 414 g/mol. The molecule has 0 unspecified atom stereocenters. The number of furan rings is 1. The van der Waals surface area contributed by atoms with Gasteiger partial charge in [0.05, 0.1) is 12.8 Å². The van der Waals surface area contributed by atoms with E-state index in [9.17, 15) is 14.4 Å². The fourth-order valence-corrected chi connectivity index (χ4v) is 2.89. The maximum atomic E-state index is 12.0. The first-order chi connectivity index (χ1) is 14.1. The Bertz CT molecular complexity index is 956. The van der Waals surface area contributed by atoms with Crippen molar-refractivity contribution in [2.45, 2.75) is 13.1 Å². The lowest BCUT2D eigenvalue weighted by Gasteiger charge is -2.06. The molecule has 3 N–H and O–H groups in total. The van der Waals surface area contributed by atoms with Crippen LogP contribution < -0.4 is 16.0 Å². The second kappa shape index (κ2) is 10.0. The third-order valence-electron chi connectivity index (χ3n) is 3.59. The van der Waals surface area contributed by atoms with E-state index in [4.69, 9.17) is 9.15 Å². The first-order valence-electron chi connectivity index (χ1n) is 8.60. The van der Waals surface area contributed by atoms with Gasteiger partial charge in [0.1, 0.15) is 5.76 Å². The second-order valence-electron chi connectivity index (χ2n) is 5.76. The topological polar surface area (TPSA) is 123 Å². The normalized spacial score (nSPS) is 10.2. The van der Waals surface area contributed by atoms with Gasteiger partial charge in [-0.2, -0.15) is 0 Å². The fourth-order valence-electron chi connectivity index (χ4n) is 2.21. The van der Waals surface area contributed by atoms with Gasteiger partial charge in [-0.05, 0) is 17.7 Å². The summed E-state index contributed by atoms with van der Waals surface area (Å²) in [6, 6.07) is 12.4. The van der Waals surface area contributed by atoms with E-state index in [2.05, 4.69) is 20.9 Å². The van der Waals surface area contributed by atoms with Crippen molar-refractivity contribution >= 4 is 34.4 Å². The summed E-state index contributed by atoms with van der Waals surface area (Å²) < 4.78 is 9.94. The Morgan fingerprint density at radius 3 is 2.66 bits per heavy atom. The van der Waals surface area contributed by atoms with Gasteiger partial charge in [-0.1, -0.05) is 30.3 Å². The Balaban J connectivity index is 1.38. The van der Waals surface area contributed by atoms with E-state index in [1.807, 2.05) is 30.3 Å². The van der Waals surface area contributed by atoms with Gasteiger partial charge in [0.2, 0.25) is 0 Å².